The van der Waals surface area contributed by atoms with Crippen LogP contribution in [0, 0.1) is 0 Å². The van der Waals surface area contributed by atoms with Crippen LogP contribution in [-0.2, 0) is 1.47 Å². The number of hydrogen-bond acceptors (Lipinski definition) is 1. The molecule has 88 valence electrons. The Morgan fingerprint density at radius 1 is 0.462 bits per heavy atom. The van der Waals surface area contributed by atoms with Crippen LogP contribution >= 0.6 is 0 Å². The Bertz CT molecular complexity index is 200. The number of rotatable bonds is 2. The molecule has 0 aliphatic heterocycles. The summed E-state index contributed by atoms with van der Waals surface area (Å²) in [5.74, 6) is 0. The molecule has 0 radical (unpaired) electrons. The fraction of sp³-hybridized carbons (Fsp3) is 0. The van der Waals surface area contributed by atoms with Crippen molar-refractivity contribution in [3.63, 3.8) is 0 Å². The molecule has 0 aromatic carbocycles. The van der Waals surface area contributed by atoms with Crippen LogP contribution in [0.1, 0.15) is 0 Å². The van der Waals surface area contributed by atoms with Gasteiger partial charge in [0.15, 0.2) is 0 Å². The summed E-state index contributed by atoms with van der Waals surface area (Å²) in [5.41, 5.74) is 0. The summed E-state index contributed by atoms with van der Waals surface area (Å²) in [6.45, 7) is 0. The van der Waals surface area contributed by atoms with Gasteiger partial charge in [-0.05, 0) is 0 Å². The molecule has 0 aliphatic carbocycles. The van der Waals surface area contributed by atoms with E-state index in [-0.39, 0.29) is 1.47 Å². The van der Waals surface area contributed by atoms with E-state index in [1.807, 2.05) is 0 Å². The summed E-state index contributed by atoms with van der Waals surface area (Å²) in [5, 5.41) is 0. The molecule has 0 amide bonds. The van der Waals surface area contributed by atoms with Crippen molar-refractivity contribution in [1.29, 1.82) is 0 Å². The molecule has 1 nitrogen and oxygen atoms in total. The average molecular weight is 461 g/mol. The third-order valence-electron chi connectivity index (χ3n) is 0.257. The van der Waals surface area contributed by atoms with E-state index in [0.29, 0.717) is 0 Å². The van der Waals surface area contributed by atoms with E-state index in [1.165, 1.54) is 0 Å². The summed E-state index contributed by atoms with van der Waals surface area (Å²) >= 11 is -24.9. The van der Waals surface area contributed by atoms with Crippen LogP contribution in [0.15, 0.2) is 0 Å². The van der Waals surface area contributed by atoms with Crippen LogP contribution in [0.5, 0.6) is 0 Å². The summed E-state index contributed by atoms with van der Waals surface area (Å²) in [6, 6.07) is 0. The molecule has 0 bridgehead atoms. The molecule has 0 rings (SSSR count). The molecule has 0 fully saturated rings. The van der Waals surface area contributed by atoms with Crippen molar-refractivity contribution in [1.82, 2.24) is 0 Å². The number of halogens is 10. The van der Waals surface area contributed by atoms with E-state index >= 15 is 0 Å². The topological polar surface area (TPSA) is 9.23 Å². The van der Waals surface area contributed by atoms with Gasteiger partial charge in [-0.15, -0.1) is 0 Å². The Labute approximate surface area is 67.7 Å². The SMILES string of the molecule is F[Te](F)(F)(F)(F)O[Te](F)(F)(F)(F)F. The maximum absolute atomic E-state index is 12.5. The number of hydrogen-bond donors (Lipinski definition) is 0. The van der Waals surface area contributed by atoms with Gasteiger partial charge in [0.2, 0.25) is 0 Å². The van der Waals surface area contributed by atoms with Crippen molar-refractivity contribution in [2.75, 3.05) is 0 Å². The van der Waals surface area contributed by atoms with E-state index in [1.54, 1.807) is 0 Å². The van der Waals surface area contributed by atoms with Crippen molar-refractivity contribution < 1.29 is 30.4 Å². The molecular formula is F10OTe2. The van der Waals surface area contributed by atoms with Crippen molar-refractivity contribution in [3.8, 4) is 0 Å². The predicted molar refractivity (Wildman–Crippen MR) is 23.7 cm³/mol. The molecule has 0 aromatic rings. The zero-order chi connectivity index (χ0) is 11.5. The fourth-order valence-corrected chi connectivity index (χ4v) is 10.9. The third kappa shape index (κ3) is 12.8. The van der Waals surface area contributed by atoms with Crippen molar-refractivity contribution in [2.24, 2.45) is 0 Å². The maximum atomic E-state index is 10.9. The van der Waals surface area contributed by atoms with E-state index in [0.717, 1.165) is 0 Å². The van der Waals surface area contributed by atoms with Crippen molar-refractivity contribution in [2.45, 2.75) is 0 Å². The summed E-state index contributed by atoms with van der Waals surface area (Å²) in [7, 11) is 0. The average Bonchev–Trinajstić information content (AvgIpc) is 0.949. The molecule has 0 N–H and O–H groups in total. The first kappa shape index (κ1) is 13.8. The monoisotopic (exact) mass is 466 g/mol. The van der Waals surface area contributed by atoms with Gasteiger partial charge in [-0.3, -0.25) is 0 Å². The molecule has 0 spiro atoms. The van der Waals surface area contributed by atoms with Crippen LogP contribution in [0.3, 0.4) is 0 Å². The van der Waals surface area contributed by atoms with Crippen LogP contribution in [0.25, 0.3) is 0 Å². The molecule has 13 heteroatoms. The summed E-state index contributed by atoms with van der Waals surface area (Å²) in [4.78, 5) is 0. The van der Waals surface area contributed by atoms with Crippen LogP contribution in [0.2, 0.25) is 0 Å². The molecule has 0 unspecified atom stereocenters. The summed E-state index contributed by atoms with van der Waals surface area (Å²) < 4.78 is 109. The van der Waals surface area contributed by atoms with Gasteiger partial charge in [0, 0.05) is 0 Å². The first-order valence-corrected chi connectivity index (χ1v) is 12.6. The van der Waals surface area contributed by atoms with Gasteiger partial charge in [-0.1, -0.05) is 0 Å². The summed E-state index contributed by atoms with van der Waals surface area (Å²) in [6.07, 6.45) is 0. The molecule has 0 saturated heterocycles. The minimum atomic E-state index is -12.5. The van der Waals surface area contributed by atoms with Gasteiger partial charge in [-0.2, -0.15) is 0 Å². The fourth-order valence-electron chi connectivity index (χ4n) is 0.243. The Morgan fingerprint density at radius 3 is 0.615 bits per heavy atom. The molecule has 0 aromatic heterocycles. The molecule has 13 heavy (non-hydrogen) atoms. The first-order valence-electron chi connectivity index (χ1n) is 1.88. The van der Waals surface area contributed by atoms with Gasteiger partial charge in [0.25, 0.3) is 0 Å². The van der Waals surface area contributed by atoms with Crippen molar-refractivity contribution in [3.05, 3.63) is 0 Å². The second kappa shape index (κ2) is 1.78. The zero-order valence-electron chi connectivity index (χ0n) is 5.00. The Balaban J connectivity index is 5.36. The van der Waals surface area contributed by atoms with E-state index in [9.17, 15) is 28.9 Å². The van der Waals surface area contributed by atoms with Crippen LogP contribution in [0.4, 0.5) is 28.9 Å². The van der Waals surface area contributed by atoms with Gasteiger partial charge < -0.3 is 0 Å². The molecule has 0 heterocycles. The van der Waals surface area contributed by atoms with E-state index in [2.05, 4.69) is 0 Å². The minimum absolute atomic E-state index is 0.0867. The molecule has 0 aliphatic rings. The molecular weight excluding hydrogens is 461 g/mol. The van der Waals surface area contributed by atoms with Gasteiger partial charge in [-0.25, -0.2) is 0 Å². The predicted octanol–water partition coefficient (Wildman–Crippen LogP) is 3.37. The van der Waals surface area contributed by atoms with Gasteiger partial charge >= 0.3 is 67.8 Å². The van der Waals surface area contributed by atoms with Crippen LogP contribution < -0.4 is 0 Å². The molecule has 0 saturated carbocycles. The second-order valence-electron chi connectivity index (χ2n) is 1.86. The normalized spacial score (nSPS) is 25.4. The second-order valence-corrected chi connectivity index (χ2v) is 15.1. The van der Waals surface area contributed by atoms with Gasteiger partial charge in [0.1, 0.15) is 0 Å². The van der Waals surface area contributed by atoms with E-state index in [4.69, 9.17) is 0 Å². The van der Waals surface area contributed by atoms with Crippen LogP contribution in [-0.4, -0.2) is 37.4 Å². The van der Waals surface area contributed by atoms with Gasteiger partial charge in [0.05, 0.1) is 0 Å². The Hall–Kier alpha value is 0.839. The first-order chi connectivity index (χ1) is 4.66. The van der Waals surface area contributed by atoms with Crippen molar-refractivity contribution >= 4 is 37.4 Å². The Morgan fingerprint density at radius 2 is 0.615 bits per heavy atom. The quantitative estimate of drug-likeness (QED) is 0.453. The standard InChI is InChI=1S/F10OTe2/c1-12(2,3,4,5)11-13(6,7,8,9)10. The third-order valence-corrected chi connectivity index (χ3v) is 11.6. The Kier molecular flexibility index (Phi) is 1.89. The van der Waals surface area contributed by atoms with E-state index < -0.39 is 37.4 Å². The zero-order valence-corrected chi connectivity index (χ0v) is 9.67. The molecule has 0 atom stereocenters.